The Balaban J connectivity index is 2.19. The van der Waals surface area contributed by atoms with E-state index in [2.05, 4.69) is 15.6 Å². The van der Waals surface area contributed by atoms with Crippen LogP contribution >= 0.6 is 0 Å². The van der Waals surface area contributed by atoms with Gasteiger partial charge in [0.1, 0.15) is 12.1 Å². The third-order valence-electron chi connectivity index (χ3n) is 5.33. The first kappa shape index (κ1) is 25.8. The molecular weight excluding hydrogens is 428 g/mol. The molecule has 180 valence electrons. The maximum Gasteiger partial charge on any atom is 0.326 e. The number of amides is 3. The minimum Gasteiger partial charge on any atom is -0.480 e. The highest BCUT2D eigenvalue weighted by molar-refractivity contribution is 5.93. The quantitative estimate of drug-likeness (QED) is 0.183. The lowest BCUT2D eigenvalue weighted by atomic mass is 10.0. The van der Waals surface area contributed by atoms with Gasteiger partial charge in [0.25, 0.3) is 0 Å². The van der Waals surface area contributed by atoms with Crippen molar-refractivity contribution in [2.75, 3.05) is 6.54 Å². The molecule has 2 rings (SSSR count). The lowest BCUT2D eigenvalue weighted by molar-refractivity contribution is -0.142. The van der Waals surface area contributed by atoms with E-state index in [0.717, 1.165) is 22.9 Å². The van der Waals surface area contributed by atoms with E-state index in [1.54, 1.807) is 6.20 Å². The van der Waals surface area contributed by atoms with Crippen LogP contribution in [0.25, 0.3) is 10.9 Å². The van der Waals surface area contributed by atoms with Gasteiger partial charge in [-0.25, -0.2) is 4.79 Å². The van der Waals surface area contributed by atoms with Crippen LogP contribution in [-0.2, 0) is 25.6 Å². The van der Waals surface area contributed by atoms with Gasteiger partial charge in [0.15, 0.2) is 0 Å². The fourth-order valence-electron chi connectivity index (χ4n) is 3.46. The summed E-state index contributed by atoms with van der Waals surface area (Å²) in [5.41, 5.74) is 18.2. The molecule has 0 spiro atoms. The number of nitrogens with two attached hydrogens (primary N) is 3. The minimum atomic E-state index is -1.33. The Kier molecular flexibility index (Phi) is 9.83. The summed E-state index contributed by atoms with van der Waals surface area (Å²) in [5, 5.41) is 15.3. The van der Waals surface area contributed by atoms with Gasteiger partial charge < -0.3 is 37.9 Å². The number of unbranched alkanes of at least 4 members (excludes halogenated alkanes) is 1. The van der Waals surface area contributed by atoms with Crippen LogP contribution in [0.5, 0.6) is 0 Å². The average Bonchev–Trinajstić information content (AvgIpc) is 3.18. The number of carboxylic acids is 1. The van der Waals surface area contributed by atoms with Crippen molar-refractivity contribution in [1.29, 1.82) is 0 Å². The Morgan fingerprint density at radius 3 is 2.36 bits per heavy atom. The molecule has 1 aromatic carbocycles. The van der Waals surface area contributed by atoms with Gasteiger partial charge in [-0.2, -0.15) is 0 Å². The van der Waals surface area contributed by atoms with Crippen LogP contribution in [0, 0.1) is 0 Å². The number of para-hydroxylation sites is 1. The van der Waals surface area contributed by atoms with Gasteiger partial charge in [-0.3, -0.25) is 14.4 Å². The molecule has 10 N–H and O–H groups in total. The number of aromatic nitrogens is 1. The third kappa shape index (κ3) is 7.88. The van der Waals surface area contributed by atoms with Gasteiger partial charge in [0.2, 0.25) is 17.7 Å². The Morgan fingerprint density at radius 2 is 1.70 bits per heavy atom. The largest absolute Gasteiger partial charge is 0.480 e. The minimum absolute atomic E-state index is 0.110. The monoisotopic (exact) mass is 460 g/mol. The Morgan fingerprint density at radius 1 is 1.00 bits per heavy atom. The number of rotatable bonds is 14. The molecule has 0 radical (unpaired) electrons. The van der Waals surface area contributed by atoms with Gasteiger partial charge in [-0.1, -0.05) is 24.6 Å². The van der Waals surface area contributed by atoms with Crippen LogP contribution in [0.2, 0.25) is 0 Å². The van der Waals surface area contributed by atoms with Crippen molar-refractivity contribution in [1.82, 2.24) is 15.6 Å². The molecule has 11 heteroatoms. The van der Waals surface area contributed by atoms with Crippen molar-refractivity contribution in [2.45, 2.75) is 56.7 Å². The second-order valence-corrected chi connectivity index (χ2v) is 7.92. The molecule has 0 unspecified atom stereocenters. The van der Waals surface area contributed by atoms with Crippen LogP contribution < -0.4 is 27.8 Å². The van der Waals surface area contributed by atoms with E-state index in [0.29, 0.717) is 19.4 Å². The number of hydrogen-bond donors (Lipinski definition) is 7. The molecule has 33 heavy (non-hydrogen) atoms. The Labute approximate surface area is 191 Å². The molecule has 0 fully saturated rings. The first-order chi connectivity index (χ1) is 15.7. The fourth-order valence-corrected chi connectivity index (χ4v) is 3.46. The third-order valence-corrected chi connectivity index (χ3v) is 5.33. The smallest absolute Gasteiger partial charge is 0.326 e. The summed E-state index contributed by atoms with van der Waals surface area (Å²) in [4.78, 5) is 51.4. The van der Waals surface area contributed by atoms with Crippen LogP contribution in [0.1, 0.15) is 37.7 Å². The SMILES string of the molecule is NCCCC[C@H](N)C(=O)N[C@@H](Cc1c[nH]c2ccccc12)C(=O)N[C@@H](CCC(N)=O)C(=O)O. The maximum absolute atomic E-state index is 13.0. The second kappa shape index (κ2) is 12.6. The molecule has 0 saturated heterocycles. The molecule has 0 bridgehead atoms. The molecule has 0 saturated carbocycles. The van der Waals surface area contributed by atoms with Gasteiger partial charge in [-0.15, -0.1) is 0 Å². The zero-order chi connectivity index (χ0) is 24.4. The topological polar surface area (TPSA) is 206 Å². The zero-order valence-electron chi connectivity index (χ0n) is 18.4. The Hall–Kier alpha value is -3.44. The average molecular weight is 461 g/mol. The molecule has 2 aromatic rings. The summed E-state index contributed by atoms with van der Waals surface area (Å²) in [6.07, 6.45) is 3.27. The van der Waals surface area contributed by atoms with E-state index in [1.165, 1.54) is 0 Å². The molecule has 1 heterocycles. The number of aromatic amines is 1. The molecule has 1 aromatic heterocycles. The molecule has 11 nitrogen and oxygen atoms in total. The second-order valence-electron chi connectivity index (χ2n) is 7.92. The van der Waals surface area contributed by atoms with Crippen molar-refractivity contribution >= 4 is 34.6 Å². The maximum atomic E-state index is 13.0. The zero-order valence-corrected chi connectivity index (χ0v) is 18.4. The number of aliphatic carboxylic acids is 1. The molecule has 3 amide bonds. The highest BCUT2D eigenvalue weighted by Gasteiger charge is 2.29. The number of benzene rings is 1. The number of hydrogen-bond acceptors (Lipinski definition) is 6. The predicted molar refractivity (Wildman–Crippen MR) is 123 cm³/mol. The first-order valence-corrected chi connectivity index (χ1v) is 10.9. The highest BCUT2D eigenvalue weighted by Crippen LogP contribution is 2.19. The van der Waals surface area contributed by atoms with Gasteiger partial charge in [0.05, 0.1) is 6.04 Å². The summed E-state index contributed by atoms with van der Waals surface area (Å²) in [6.45, 7) is 0.488. The van der Waals surface area contributed by atoms with Crippen LogP contribution in [0.15, 0.2) is 30.5 Å². The van der Waals surface area contributed by atoms with E-state index in [-0.39, 0.29) is 19.3 Å². The van der Waals surface area contributed by atoms with Crippen LogP contribution in [0.4, 0.5) is 0 Å². The van der Waals surface area contributed by atoms with Crippen LogP contribution in [0.3, 0.4) is 0 Å². The van der Waals surface area contributed by atoms with Crippen molar-refractivity contribution in [3.63, 3.8) is 0 Å². The van der Waals surface area contributed by atoms with Crippen LogP contribution in [-0.4, -0.2) is 58.5 Å². The molecular formula is C22H32N6O5. The predicted octanol–water partition coefficient (Wildman–Crippen LogP) is -0.514. The summed E-state index contributed by atoms with van der Waals surface area (Å²) in [7, 11) is 0. The number of nitrogens with one attached hydrogen (secondary N) is 3. The number of primary amides is 1. The lowest BCUT2D eigenvalue weighted by Crippen LogP contribution is -2.55. The molecule has 3 atom stereocenters. The normalized spacial score (nSPS) is 13.8. The van der Waals surface area contributed by atoms with E-state index in [4.69, 9.17) is 17.2 Å². The van der Waals surface area contributed by atoms with Crippen molar-refractivity contribution in [2.24, 2.45) is 17.2 Å². The van der Waals surface area contributed by atoms with Gasteiger partial charge in [-0.05, 0) is 37.4 Å². The number of H-pyrrole nitrogens is 1. The van der Waals surface area contributed by atoms with Gasteiger partial charge >= 0.3 is 5.97 Å². The van der Waals surface area contributed by atoms with Gasteiger partial charge in [0, 0.05) is 29.9 Å². The molecule has 0 aliphatic heterocycles. The number of carbonyl (C=O) groups excluding carboxylic acids is 3. The van der Waals surface area contributed by atoms with E-state index < -0.39 is 41.8 Å². The molecule has 0 aliphatic rings. The van der Waals surface area contributed by atoms with Crippen molar-refractivity contribution in [3.8, 4) is 0 Å². The fraction of sp³-hybridized carbons (Fsp3) is 0.455. The lowest BCUT2D eigenvalue weighted by Gasteiger charge is -2.23. The van der Waals surface area contributed by atoms with Crippen molar-refractivity contribution < 1.29 is 24.3 Å². The highest BCUT2D eigenvalue weighted by atomic mass is 16.4. The van der Waals surface area contributed by atoms with E-state index in [9.17, 15) is 24.3 Å². The van der Waals surface area contributed by atoms with Crippen molar-refractivity contribution in [3.05, 3.63) is 36.0 Å². The van der Waals surface area contributed by atoms with E-state index in [1.807, 2.05) is 24.3 Å². The number of fused-ring (bicyclic) bond motifs is 1. The summed E-state index contributed by atoms with van der Waals surface area (Å²) >= 11 is 0. The number of carboxylic acid groups (broad SMARTS) is 1. The first-order valence-electron chi connectivity index (χ1n) is 10.9. The molecule has 0 aliphatic carbocycles. The summed E-state index contributed by atoms with van der Waals surface area (Å²) < 4.78 is 0. The Bertz CT molecular complexity index is 975. The standard InChI is InChI=1S/C22H32N6O5/c23-10-4-3-6-15(24)20(30)28-18(11-13-12-26-16-7-2-1-5-14(13)16)21(31)27-17(22(32)33)8-9-19(25)29/h1-2,5,7,12,15,17-18,26H,3-4,6,8-11,23-24H2,(H2,25,29)(H,27,31)(H,28,30)(H,32,33)/t15-,17-,18-/m0/s1. The summed E-state index contributed by atoms with van der Waals surface area (Å²) in [5.74, 6) is -3.20. The summed E-state index contributed by atoms with van der Waals surface area (Å²) in [6, 6.07) is 4.24. The van der Waals surface area contributed by atoms with E-state index >= 15 is 0 Å². The number of carbonyl (C=O) groups is 4.